The van der Waals surface area contributed by atoms with Crippen LogP contribution in [0, 0.1) is 6.92 Å². The SMILES string of the molecule is Cc1ccc(S(=O)(=O)N2CCCO[C@@H]2CNC(=O)C(=O)NC2CCCC2)cc1. The van der Waals surface area contributed by atoms with Crippen molar-refractivity contribution in [2.45, 2.75) is 56.2 Å². The summed E-state index contributed by atoms with van der Waals surface area (Å²) in [6.45, 7) is 2.50. The second-order valence-corrected chi connectivity index (χ2v) is 9.16. The number of aryl methyl sites for hydroxylation is 1. The van der Waals surface area contributed by atoms with Crippen molar-refractivity contribution in [3.8, 4) is 0 Å². The zero-order valence-corrected chi connectivity index (χ0v) is 16.8. The number of benzene rings is 1. The van der Waals surface area contributed by atoms with Gasteiger partial charge in [0.05, 0.1) is 18.0 Å². The summed E-state index contributed by atoms with van der Waals surface area (Å²) in [5.74, 6) is -1.45. The Morgan fingerprint density at radius 2 is 1.79 bits per heavy atom. The third-order valence-electron chi connectivity index (χ3n) is 5.12. The van der Waals surface area contributed by atoms with Crippen molar-refractivity contribution in [1.29, 1.82) is 0 Å². The first-order valence-corrected chi connectivity index (χ1v) is 11.1. The molecule has 0 bridgehead atoms. The minimum Gasteiger partial charge on any atom is -0.360 e. The monoisotopic (exact) mass is 409 g/mol. The minimum absolute atomic E-state index is 0.0441. The Balaban J connectivity index is 1.62. The van der Waals surface area contributed by atoms with Crippen LogP contribution in [0.25, 0.3) is 0 Å². The molecule has 2 fully saturated rings. The quantitative estimate of drug-likeness (QED) is 0.704. The number of hydrogen-bond donors (Lipinski definition) is 2. The molecular formula is C19H27N3O5S. The fourth-order valence-electron chi connectivity index (χ4n) is 3.53. The molecule has 0 spiro atoms. The zero-order valence-electron chi connectivity index (χ0n) is 16.0. The third kappa shape index (κ3) is 4.89. The highest BCUT2D eigenvalue weighted by Crippen LogP contribution is 2.22. The Morgan fingerprint density at radius 3 is 2.46 bits per heavy atom. The van der Waals surface area contributed by atoms with E-state index in [1.54, 1.807) is 24.3 Å². The van der Waals surface area contributed by atoms with Crippen LogP contribution in [0.2, 0.25) is 0 Å². The van der Waals surface area contributed by atoms with Crippen molar-refractivity contribution < 1.29 is 22.7 Å². The normalized spacial score (nSPS) is 21.4. The van der Waals surface area contributed by atoms with Gasteiger partial charge in [0.25, 0.3) is 0 Å². The highest BCUT2D eigenvalue weighted by atomic mass is 32.2. The van der Waals surface area contributed by atoms with Gasteiger partial charge in [0.15, 0.2) is 0 Å². The molecule has 154 valence electrons. The Bertz CT molecular complexity index is 803. The standard InChI is InChI=1S/C19H27N3O5S/c1-14-7-9-16(10-8-14)28(25,26)22-11-4-12-27-17(22)13-20-18(23)19(24)21-15-5-2-3-6-15/h7-10,15,17H,2-6,11-13H2,1H3,(H,20,23)(H,21,24)/t17-/m1/s1. The molecule has 3 rings (SSSR count). The molecule has 28 heavy (non-hydrogen) atoms. The van der Waals surface area contributed by atoms with Crippen LogP contribution in [0.1, 0.15) is 37.7 Å². The second-order valence-electron chi connectivity index (χ2n) is 7.27. The molecule has 8 nitrogen and oxygen atoms in total. The molecule has 1 aromatic carbocycles. The number of sulfonamides is 1. The van der Waals surface area contributed by atoms with Crippen LogP contribution in [0.15, 0.2) is 29.2 Å². The minimum atomic E-state index is -3.76. The average Bonchev–Trinajstić information content (AvgIpc) is 3.19. The van der Waals surface area contributed by atoms with E-state index < -0.39 is 28.1 Å². The molecule has 2 aliphatic rings. The fraction of sp³-hybridized carbons (Fsp3) is 0.579. The van der Waals surface area contributed by atoms with Crippen molar-refractivity contribution >= 4 is 21.8 Å². The number of nitrogens with one attached hydrogen (secondary N) is 2. The van der Waals surface area contributed by atoms with Gasteiger partial charge in [0.1, 0.15) is 6.23 Å². The maximum Gasteiger partial charge on any atom is 0.309 e. The molecule has 2 amide bonds. The maximum absolute atomic E-state index is 13.0. The number of hydrogen-bond acceptors (Lipinski definition) is 5. The van der Waals surface area contributed by atoms with Crippen LogP contribution < -0.4 is 10.6 Å². The van der Waals surface area contributed by atoms with E-state index in [1.807, 2.05) is 6.92 Å². The largest absolute Gasteiger partial charge is 0.360 e. The van der Waals surface area contributed by atoms with Crippen molar-refractivity contribution in [3.05, 3.63) is 29.8 Å². The van der Waals surface area contributed by atoms with Gasteiger partial charge in [-0.25, -0.2) is 8.42 Å². The molecule has 1 saturated heterocycles. The van der Waals surface area contributed by atoms with Gasteiger partial charge in [-0.3, -0.25) is 9.59 Å². The summed E-state index contributed by atoms with van der Waals surface area (Å²) in [4.78, 5) is 24.3. The maximum atomic E-state index is 13.0. The summed E-state index contributed by atoms with van der Waals surface area (Å²) in [7, 11) is -3.76. The molecule has 1 aliphatic carbocycles. The van der Waals surface area contributed by atoms with Crippen LogP contribution in [0.4, 0.5) is 0 Å². The van der Waals surface area contributed by atoms with E-state index in [2.05, 4.69) is 10.6 Å². The summed E-state index contributed by atoms with van der Waals surface area (Å²) in [6.07, 6.45) is 3.59. The van der Waals surface area contributed by atoms with Crippen molar-refractivity contribution in [3.63, 3.8) is 0 Å². The number of carbonyl (C=O) groups is 2. The summed E-state index contributed by atoms with van der Waals surface area (Å²) < 4.78 is 32.8. The molecule has 1 aliphatic heterocycles. The lowest BCUT2D eigenvalue weighted by atomic mass is 10.2. The number of nitrogens with zero attached hydrogens (tertiary/aromatic N) is 1. The van der Waals surface area contributed by atoms with E-state index in [-0.39, 0.29) is 17.5 Å². The van der Waals surface area contributed by atoms with Crippen molar-refractivity contribution in [1.82, 2.24) is 14.9 Å². The summed E-state index contributed by atoms with van der Waals surface area (Å²) >= 11 is 0. The predicted octanol–water partition coefficient (Wildman–Crippen LogP) is 0.907. The number of amides is 2. The van der Waals surface area contributed by atoms with Gasteiger partial charge in [-0.1, -0.05) is 30.5 Å². The molecule has 2 N–H and O–H groups in total. The van der Waals surface area contributed by atoms with Gasteiger partial charge < -0.3 is 15.4 Å². The molecule has 0 aromatic heterocycles. The Labute approximate surface area is 165 Å². The van der Waals surface area contributed by atoms with Gasteiger partial charge in [0.2, 0.25) is 10.0 Å². The van der Waals surface area contributed by atoms with Gasteiger partial charge >= 0.3 is 11.8 Å². The average molecular weight is 410 g/mol. The summed E-state index contributed by atoms with van der Waals surface area (Å²) in [5.41, 5.74) is 0.964. The van der Waals surface area contributed by atoms with E-state index in [0.717, 1.165) is 31.2 Å². The van der Waals surface area contributed by atoms with E-state index in [9.17, 15) is 18.0 Å². The lowest BCUT2D eigenvalue weighted by Crippen LogP contribution is -2.53. The first-order valence-electron chi connectivity index (χ1n) is 9.67. The number of carbonyl (C=O) groups excluding carboxylic acids is 2. The van der Waals surface area contributed by atoms with Gasteiger partial charge in [0, 0.05) is 12.6 Å². The van der Waals surface area contributed by atoms with Crippen LogP contribution in [0.3, 0.4) is 0 Å². The summed E-state index contributed by atoms with van der Waals surface area (Å²) in [6, 6.07) is 6.64. The second kappa shape index (κ2) is 9.02. The van der Waals surface area contributed by atoms with E-state index in [1.165, 1.54) is 4.31 Å². The molecule has 1 atom stereocenters. The Kier molecular flexibility index (Phi) is 6.69. The van der Waals surface area contributed by atoms with Gasteiger partial charge in [-0.15, -0.1) is 0 Å². The zero-order chi connectivity index (χ0) is 20.1. The predicted molar refractivity (Wildman–Crippen MR) is 103 cm³/mol. The Morgan fingerprint density at radius 1 is 1.11 bits per heavy atom. The highest BCUT2D eigenvalue weighted by Gasteiger charge is 2.35. The van der Waals surface area contributed by atoms with Crippen LogP contribution in [0.5, 0.6) is 0 Å². The first kappa shape index (κ1) is 20.8. The van der Waals surface area contributed by atoms with E-state index in [4.69, 9.17) is 4.74 Å². The molecule has 0 radical (unpaired) electrons. The first-order chi connectivity index (χ1) is 13.4. The molecule has 1 aromatic rings. The van der Waals surface area contributed by atoms with Crippen LogP contribution >= 0.6 is 0 Å². The van der Waals surface area contributed by atoms with Crippen molar-refractivity contribution in [2.24, 2.45) is 0 Å². The van der Waals surface area contributed by atoms with Crippen molar-refractivity contribution in [2.75, 3.05) is 19.7 Å². The third-order valence-corrected chi connectivity index (χ3v) is 7.02. The van der Waals surface area contributed by atoms with Crippen LogP contribution in [-0.4, -0.2) is 56.5 Å². The molecule has 1 heterocycles. The lowest BCUT2D eigenvalue weighted by molar-refractivity contribution is -0.140. The fourth-order valence-corrected chi connectivity index (χ4v) is 5.09. The summed E-state index contributed by atoms with van der Waals surface area (Å²) in [5, 5.41) is 5.22. The molecule has 0 unspecified atom stereocenters. The lowest BCUT2D eigenvalue weighted by Gasteiger charge is -2.34. The smallest absolute Gasteiger partial charge is 0.309 e. The van der Waals surface area contributed by atoms with Crippen LogP contribution in [-0.2, 0) is 24.3 Å². The Hall–Kier alpha value is -1.97. The van der Waals surface area contributed by atoms with Gasteiger partial charge in [-0.2, -0.15) is 4.31 Å². The van der Waals surface area contributed by atoms with E-state index >= 15 is 0 Å². The number of rotatable bonds is 5. The molecular weight excluding hydrogens is 382 g/mol. The van der Waals surface area contributed by atoms with E-state index in [0.29, 0.717) is 19.6 Å². The van der Waals surface area contributed by atoms with Gasteiger partial charge in [-0.05, 0) is 38.3 Å². The molecule has 1 saturated carbocycles. The number of ether oxygens (including phenoxy) is 1. The topological polar surface area (TPSA) is 105 Å². The molecule has 9 heteroatoms. The highest BCUT2D eigenvalue weighted by molar-refractivity contribution is 7.89.